The minimum Gasteiger partial charge on any atom is -0.334 e. The number of nitrogens with one attached hydrogen (secondary N) is 1. The maximum atomic E-state index is 13.2. The first-order valence-electron chi connectivity index (χ1n) is 9.60. The van der Waals surface area contributed by atoms with Crippen molar-refractivity contribution in [3.05, 3.63) is 26.6 Å². The van der Waals surface area contributed by atoms with E-state index in [0.29, 0.717) is 10.3 Å². The van der Waals surface area contributed by atoms with Gasteiger partial charge < -0.3 is 10.2 Å². The molecular formula is C19H27ClN4O2S. The van der Waals surface area contributed by atoms with E-state index >= 15 is 0 Å². The highest BCUT2D eigenvalue weighted by molar-refractivity contribution is 7.20. The summed E-state index contributed by atoms with van der Waals surface area (Å²) in [4.78, 5) is 34.4. The van der Waals surface area contributed by atoms with E-state index in [2.05, 4.69) is 5.32 Å². The van der Waals surface area contributed by atoms with Crippen molar-refractivity contribution in [2.24, 2.45) is 0 Å². The fourth-order valence-electron chi connectivity index (χ4n) is 4.30. The average molecular weight is 411 g/mol. The highest BCUT2D eigenvalue weighted by Gasteiger charge is 2.32. The molecule has 0 radical (unpaired) electrons. The number of fused-ring (bicyclic) bond motifs is 2. The van der Waals surface area contributed by atoms with Crippen LogP contribution in [0.15, 0.2) is 4.79 Å². The fraction of sp³-hybridized carbons (Fsp3) is 0.632. The number of thiophene rings is 1. The Bertz CT molecular complexity index is 907. The summed E-state index contributed by atoms with van der Waals surface area (Å²) in [6.45, 7) is 4.25. The molecule has 0 aromatic carbocycles. The number of hydrogen-bond donors (Lipinski definition) is 1. The van der Waals surface area contributed by atoms with E-state index < -0.39 is 0 Å². The molecule has 2 aliphatic rings. The van der Waals surface area contributed by atoms with Crippen molar-refractivity contribution >= 4 is 39.9 Å². The summed E-state index contributed by atoms with van der Waals surface area (Å²) in [5, 5.41) is 3.83. The Morgan fingerprint density at radius 2 is 2.07 bits per heavy atom. The number of hydrogen-bond acceptors (Lipinski definition) is 5. The molecule has 0 spiro atoms. The van der Waals surface area contributed by atoms with Crippen LogP contribution in [0, 0.1) is 6.92 Å². The second-order valence-electron chi connectivity index (χ2n) is 7.38. The Labute approximate surface area is 169 Å². The van der Waals surface area contributed by atoms with Gasteiger partial charge in [0.15, 0.2) is 0 Å². The van der Waals surface area contributed by atoms with E-state index in [1.807, 2.05) is 23.4 Å². The predicted octanol–water partition coefficient (Wildman–Crippen LogP) is 2.74. The van der Waals surface area contributed by atoms with Gasteiger partial charge in [-0.25, -0.2) is 4.98 Å². The van der Waals surface area contributed by atoms with Crippen LogP contribution in [0.2, 0.25) is 0 Å². The summed E-state index contributed by atoms with van der Waals surface area (Å²) in [5.41, 5.74) is 0.843. The molecule has 2 aromatic heterocycles. The molecule has 6 nitrogen and oxygen atoms in total. The molecule has 1 atom stereocenters. The Morgan fingerprint density at radius 1 is 1.26 bits per heavy atom. The number of rotatable bonds is 3. The first-order chi connectivity index (χ1) is 12.6. The van der Waals surface area contributed by atoms with Crippen molar-refractivity contribution in [2.45, 2.75) is 58.0 Å². The van der Waals surface area contributed by atoms with Crippen molar-refractivity contribution in [3.8, 4) is 0 Å². The average Bonchev–Trinajstić information content (AvgIpc) is 3.12. The molecule has 8 heteroatoms. The first-order valence-corrected chi connectivity index (χ1v) is 10.4. The maximum absolute atomic E-state index is 13.2. The molecular weight excluding hydrogens is 384 g/mol. The molecule has 0 saturated carbocycles. The van der Waals surface area contributed by atoms with Crippen molar-refractivity contribution in [1.82, 2.24) is 19.8 Å². The molecule has 148 valence electrons. The number of aromatic nitrogens is 2. The SMILES string of the molecule is CNCC1CCCN1C(=O)c1sc2nc3n(c(=O)c2c1C)CCCCC3.Cl. The van der Waals surface area contributed by atoms with Crippen molar-refractivity contribution in [2.75, 3.05) is 20.1 Å². The number of aryl methyl sites for hydroxylation is 2. The van der Waals surface area contributed by atoms with Gasteiger partial charge in [0.05, 0.1) is 10.3 Å². The summed E-state index contributed by atoms with van der Waals surface area (Å²) in [7, 11) is 1.92. The van der Waals surface area contributed by atoms with Gasteiger partial charge in [-0.05, 0) is 45.2 Å². The van der Waals surface area contributed by atoms with E-state index in [-0.39, 0.29) is 29.9 Å². The third-order valence-electron chi connectivity index (χ3n) is 5.68. The lowest BCUT2D eigenvalue weighted by Gasteiger charge is -2.24. The summed E-state index contributed by atoms with van der Waals surface area (Å²) in [6.07, 6.45) is 6.16. The Balaban J connectivity index is 0.00000210. The molecule has 1 unspecified atom stereocenters. The smallest absolute Gasteiger partial charge is 0.264 e. The van der Waals surface area contributed by atoms with Crippen LogP contribution >= 0.6 is 23.7 Å². The van der Waals surface area contributed by atoms with Crippen molar-refractivity contribution in [1.29, 1.82) is 0 Å². The second kappa shape index (κ2) is 8.29. The summed E-state index contributed by atoms with van der Waals surface area (Å²) in [6, 6.07) is 0.239. The Kier molecular flexibility index (Phi) is 6.23. The molecule has 4 rings (SSSR count). The van der Waals surface area contributed by atoms with Gasteiger partial charge in [0.2, 0.25) is 0 Å². The number of halogens is 1. The van der Waals surface area contributed by atoms with Crippen LogP contribution in [0.4, 0.5) is 0 Å². The normalized spacial score (nSPS) is 19.6. The number of likely N-dealkylation sites (N-methyl/N-ethyl adjacent to an activating group) is 1. The Hall–Kier alpha value is -1.44. The van der Waals surface area contributed by atoms with Gasteiger partial charge in [-0.2, -0.15) is 0 Å². The van der Waals surface area contributed by atoms with Crippen LogP contribution in [0.1, 0.15) is 53.2 Å². The molecule has 0 bridgehead atoms. The van der Waals surface area contributed by atoms with Crippen LogP contribution in [-0.4, -0.2) is 46.5 Å². The van der Waals surface area contributed by atoms with Gasteiger partial charge >= 0.3 is 0 Å². The molecule has 2 aromatic rings. The summed E-state index contributed by atoms with van der Waals surface area (Å²) < 4.78 is 1.84. The summed E-state index contributed by atoms with van der Waals surface area (Å²) >= 11 is 1.40. The van der Waals surface area contributed by atoms with Gasteiger partial charge in [0.25, 0.3) is 11.5 Å². The molecule has 1 fully saturated rings. The van der Waals surface area contributed by atoms with Crippen molar-refractivity contribution < 1.29 is 4.79 Å². The van der Waals surface area contributed by atoms with Crippen LogP contribution in [-0.2, 0) is 13.0 Å². The quantitative estimate of drug-likeness (QED) is 0.844. The highest BCUT2D eigenvalue weighted by atomic mass is 35.5. The minimum atomic E-state index is 0. The lowest BCUT2D eigenvalue weighted by atomic mass is 10.1. The van der Waals surface area contributed by atoms with E-state index in [1.54, 1.807) is 0 Å². The van der Waals surface area contributed by atoms with Crippen LogP contribution in [0.5, 0.6) is 0 Å². The largest absolute Gasteiger partial charge is 0.334 e. The van der Waals surface area contributed by atoms with Gasteiger partial charge in [-0.1, -0.05) is 6.42 Å². The van der Waals surface area contributed by atoms with E-state index in [0.717, 1.165) is 74.4 Å². The zero-order chi connectivity index (χ0) is 18.3. The molecule has 4 heterocycles. The van der Waals surface area contributed by atoms with E-state index in [1.165, 1.54) is 11.3 Å². The molecule has 0 aliphatic carbocycles. The highest BCUT2D eigenvalue weighted by Crippen LogP contribution is 2.31. The standard InChI is InChI=1S/C19H26N4O2S.ClH/c1-12-15-17(21-14-8-4-3-5-9-23(14)18(15)24)26-16(12)19(25)22-10-6-7-13(22)11-20-2;/h13,20H,3-11H2,1-2H3;1H. The number of likely N-dealkylation sites (tertiary alicyclic amines) is 1. The number of carbonyl (C=O) groups is 1. The third-order valence-corrected chi connectivity index (χ3v) is 6.86. The monoisotopic (exact) mass is 410 g/mol. The van der Waals surface area contributed by atoms with Gasteiger partial charge in [0, 0.05) is 32.1 Å². The zero-order valence-electron chi connectivity index (χ0n) is 15.9. The molecule has 1 N–H and O–H groups in total. The first kappa shape index (κ1) is 20.3. The van der Waals surface area contributed by atoms with Gasteiger partial charge in [0.1, 0.15) is 10.7 Å². The number of carbonyl (C=O) groups excluding carboxylic acids is 1. The number of nitrogens with zero attached hydrogens (tertiary/aromatic N) is 3. The lowest BCUT2D eigenvalue weighted by molar-refractivity contribution is 0.0741. The van der Waals surface area contributed by atoms with Gasteiger partial charge in [-0.3, -0.25) is 14.2 Å². The predicted molar refractivity (Wildman–Crippen MR) is 111 cm³/mol. The van der Waals surface area contributed by atoms with Gasteiger partial charge in [-0.15, -0.1) is 23.7 Å². The second-order valence-corrected chi connectivity index (χ2v) is 8.38. The minimum absolute atomic E-state index is 0. The van der Waals surface area contributed by atoms with E-state index in [4.69, 9.17) is 4.98 Å². The molecule has 1 saturated heterocycles. The zero-order valence-corrected chi connectivity index (χ0v) is 17.5. The molecule has 1 amide bonds. The molecule has 2 aliphatic heterocycles. The fourth-order valence-corrected chi connectivity index (χ4v) is 5.44. The van der Waals surface area contributed by atoms with E-state index in [9.17, 15) is 9.59 Å². The topological polar surface area (TPSA) is 67.2 Å². The third kappa shape index (κ3) is 3.52. The lowest BCUT2D eigenvalue weighted by Crippen LogP contribution is -2.40. The molecule has 27 heavy (non-hydrogen) atoms. The summed E-state index contributed by atoms with van der Waals surface area (Å²) in [5.74, 6) is 0.942. The van der Waals surface area contributed by atoms with Crippen molar-refractivity contribution in [3.63, 3.8) is 0 Å². The van der Waals surface area contributed by atoms with Crippen LogP contribution in [0.3, 0.4) is 0 Å². The maximum Gasteiger partial charge on any atom is 0.264 e. The number of amides is 1. The Morgan fingerprint density at radius 3 is 2.85 bits per heavy atom. The van der Waals surface area contributed by atoms with Crippen LogP contribution < -0.4 is 10.9 Å². The van der Waals surface area contributed by atoms with Crippen LogP contribution in [0.25, 0.3) is 10.2 Å².